The molecule has 0 aromatic heterocycles. The number of hydrogen-bond donors (Lipinski definition) is 2. The summed E-state index contributed by atoms with van der Waals surface area (Å²) in [6.45, 7) is 13.5. The summed E-state index contributed by atoms with van der Waals surface area (Å²) in [5, 5.41) is 6.83. The van der Waals surface area contributed by atoms with Gasteiger partial charge in [-0.25, -0.2) is 4.79 Å². The summed E-state index contributed by atoms with van der Waals surface area (Å²) in [4.78, 5) is 20.5. The summed E-state index contributed by atoms with van der Waals surface area (Å²) in [6.07, 6.45) is 0.935. The summed E-state index contributed by atoms with van der Waals surface area (Å²) < 4.78 is 5.40. The second-order valence-corrected chi connectivity index (χ2v) is 9.01. The maximum atomic E-state index is 12.1. The van der Waals surface area contributed by atoms with E-state index in [1.807, 2.05) is 32.9 Å². The summed E-state index contributed by atoms with van der Waals surface area (Å²) in [6, 6.07) is 8.25. The van der Waals surface area contributed by atoms with Crippen LogP contribution in [0.4, 0.5) is 4.79 Å². The number of benzene rings is 1. The number of amides is 1. The normalized spacial score (nSPS) is 17.7. The zero-order valence-corrected chi connectivity index (χ0v) is 19.5. The molecule has 2 N–H and O–H groups in total. The van der Waals surface area contributed by atoms with Crippen LogP contribution < -0.4 is 10.6 Å². The van der Waals surface area contributed by atoms with Crippen LogP contribution in [0.15, 0.2) is 29.3 Å². The Balaban J connectivity index is 1.76. The second-order valence-electron chi connectivity index (χ2n) is 9.01. The molecule has 7 nitrogen and oxygen atoms in total. The van der Waals surface area contributed by atoms with Crippen molar-refractivity contribution >= 4 is 12.1 Å². The average molecular weight is 418 g/mol. The number of nitrogens with one attached hydrogen (secondary N) is 2. The molecule has 0 aliphatic carbocycles. The predicted molar refractivity (Wildman–Crippen MR) is 123 cm³/mol. The monoisotopic (exact) mass is 417 g/mol. The van der Waals surface area contributed by atoms with Crippen molar-refractivity contribution in [2.45, 2.75) is 52.8 Å². The molecule has 0 spiro atoms. The van der Waals surface area contributed by atoms with Crippen molar-refractivity contribution in [2.75, 3.05) is 40.3 Å². The van der Waals surface area contributed by atoms with Crippen LogP contribution in [-0.4, -0.2) is 67.7 Å². The minimum atomic E-state index is -0.486. The first-order chi connectivity index (χ1) is 14.2. The molecule has 1 aromatic rings. The van der Waals surface area contributed by atoms with Gasteiger partial charge in [-0.3, -0.25) is 4.99 Å². The van der Waals surface area contributed by atoms with Crippen LogP contribution in [-0.2, 0) is 17.8 Å². The SMILES string of the molecule is CCN1CCC(CNC(=NC)NCc2ccc(CN(C)C(=O)OC(C)(C)C)cc2)C1. The second kappa shape index (κ2) is 11.2. The molecular weight excluding hydrogens is 378 g/mol. The molecular formula is C23H39N5O2. The highest BCUT2D eigenvalue weighted by Crippen LogP contribution is 2.14. The summed E-state index contributed by atoms with van der Waals surface area (Å²) >= 11 is 0. The van der Waals surface area contributed by atoms with Gasteiger partial charge in [-0.05, 0) is 57.3 Å². The summed E-state index contributed by atoms with van der Waals surface area (Å²) in [5.41, 5.74) is 1.75. The number of guanidine groups is 1. The average Bonchev–Trinajstić information content (AvgIpc) is 3.16. The molecule has 1 saturated heterocycles. The molecule has 1 aliphatic heterocycles. The lowest BCUT2D eigenvalue weighted by Crippen LogP contribution is -2.39. The maximum Gasteiger partial charge on any atom is 0.410 e. The van der Waals surface area contributed by atoms with Gasteiger partial charge in [0.1, 0.15) is 5.60 Å². The molecule has 168 valence electrons. The number of rotatable bonds is 7. The minimum Gasteiger partial charge on any atom is -0.444 e. The third kappa shape index (κ3) is 8.22. The van der Waals surface area contributed by atoms with Gasteiger partial charge >= 0.3 is 6.09 Å². The van der Waals surface area contributed by atoms with E-state index in [2.05, 4.69) is 39.6 Å². The van der Waals surface area contributed by atoms with E-state index in [0.717, 1.165) is 24.6 Å². The van der Waals surface area contributed by atoms with E-state index < -0.39 is 5.60 Å². The molecule has 0 radical (unpaired) electrons. The van der Waals surface area contributed by atoms with Gasteiger partial charge in [-0.2, -0.15) is 0 Å². The van der Waals surface area contributed by atoms with Crippen molar-refractivity contribution in [1.82, 2.24) is 20.4 Å². The van der Waals surface area contributed by atoms with Gasteiger partial charge in [-0.15, -0.1) is 0 Å². The van der Waals surface area contributed by atoms with Gasteiger partial charge in [0, 0.05) is 40.3 Å². The van der Waals surface area contributed by atoms with E-state index in [0.29, 0.717) is 19.0 Å². The van der Waals surface area contributed by atoms with E-state index in [-0.39, 0.29) is 6.09 Å². The van der Waals surface area contributed by atoms with Crippen molar-refractivity contribution in [3.63, 3.8) is 0 Å². The smallest absolute Gasteiger partial charge is 0.410 e. The molecule has 2 rings (SSSR count). The zero-order chi connectivity index (χ0) is 22.1. The Kier molecular flexibility index (Phi) is 8.96. The van der Waals surface area contributed by atoms with Crippen molar-refractivity contribution in [3.05, 3.63) is 35.4 Å². The highest BCUT2D eigenvalue weighted by atomic mass is 16.6. The molecule has 1 heterocycles. The summed E-state index contributed by atoms with van der Waals surface area (Å²) in [5.74, 6) is 1.52. The van der Waals surface area contributed by atoms with Gasteiger partial charge in [-0.1, -0.05) is 31.2 Å². The molecule has 30 heavy (non-hydrogen) atoms. The molecule has 7 heteroatoms. The lowest BCUT2D eigenvalue weighted by Gasteiger charge is -2.24. The Morgan fingerprint density at radius 2 is 1.90 bits per heavy atom. The molecule has 1 aliphatic rings. The Morgan fingerprint density at radius 3 is 2.47 bits per heavy atom. The van der Waals surface area contributed by atoms with Crippen LogP contribution in [0.2, 0.25) is 0 Å². The number of carbonyl (C=O) groups excluding carboxylic acids is 1. The molecule has 0 saturated carbocycles. The quantitative estimate of drug-likeness (QED) is 0.527. The number of ether oxygens (including phenoxy) is 1. The number of nitrogens with zero attached hydrogens (tertiary/aromatic N) is 3. The van der Waals surface area contributed by atoms with E-state index in [1.54, 1.807) is 19.0 Å². The highest BCUT2D eigenvalue weighted by molar-refractivity contribution is 5.79. The molecule has 1 fully saturated rings. The Bertz CT molecular complexity index is 697. The lowest BCUT2D eigenvalue weighted by molar-refractivity contribution is 0.0285. The summed E-state index contributed by atoms with van der Waals surface area (Å²) in [7, 11) is 3.56. The highest BCUT2D eigenvalue weighted by Gasteiger charge is 2.21. The fourth-order valence-corrected chi connectivity index (χ4v) is 3.45. The standard InChI is InChI=1S/C23H39N5O2/c1-7-28-13-12-20(17-28)15-26-21(24-5)25-14-18-8-10-19(11-9-18)16-27(6)22(29)30-23(2,3)4/h8-11,20H,7,12-17H2,1-6H3,(H2,24,25,26). The van der Waals surface area contributed by atoms with E-state index in [1.165, 1.54) is 25.1 Å². The lowest BCUT2D eigenvalue weighted by atomic mass is 10.1. The van der Waals surface area contributed by atoms with Crippen LogP contribution in [0, 0.1) is 5.92 Å². The first-order valence-electron chi connectivity index (χ1n) is 10.9. The van der Waals surface area contributed by atoms with Gasteiger partial charge in [0.25, 0.3) is 0 Å². The van der Waals surface area contributed by atoms with Crippen LogP contribution in [0.1, 0.15) is 45.2 Å². The first-order valence-corrected chi connectivity index (χ1v) is 10.9. The van der Waals surface area contributed by atoms with Crippen molar-refractivity contribution in [1.29, 1.82) is 0 Å². The van der Waals surface area contributed by atoms with E-state index >= 15 is 0 Å². The fourth-order valence-electron chi connectivity index (χ4n) is 3.45. The third-order valence-corrected chi connectivity index (χ3v) is 5.21. The number of hydrogen-bond acceptors (Lipinski definition) is 4. The third-order valence-electron chi connectivity index (χ3n) is 5.21. The van der Waals surface area contributed by atoms with E-state index in [9.17, 15) is 4.79 Å². The molecule has 1 atom stereocenters. The largest absolute Gasteiger partial charge is 0.444 e. The van der Waals surface area contributed by atoms with Gasteiger partial charge in [0.05, 0.1) is 0 Å². The number of aliphatic imine (C=N–C) groups is 1. The Labute approximate surface area is 181 Å². The molecule has 1 amide bonds. The van der Waals surface area contributed by atoms with Gasteiger partial charge in [0.15, 0.2) is 5.96 Å². The van der Waals surface area contributed by atoms with E-state index in [4.69, 9.17) is 4.74 Å². The Hall–Kier alpha value is -2.28. The predicted octanol–water partition coefficient (Wildman–Crippen LogP) is 3.06. The van der Waals surface area contributed by atoms with Crippen LogP contribution >= 0.6 is 0 Å². The topological polar surface area (TPSA) is 69.2 Å². The fraction of sp³-hybridized carbons (Fsp3) is 0.652. The number of carbonyl (C=O) groups is 1. The molecule has 0 bridgehead atoms. The van der Waals surface area contributed by atoms with Crippen LogP contribution in [0.25, 0.3) is 0 Å². The maximum absolute atomic E-state index is 12.1. The molecule has 1 aromatic carbocycles. The van der Waals surface area contributed by atoms with Crippen molar-refractivity contribution < 1.29 is 9.53 Å². The van der Waals surface area contributed by atoms with Crippen molar-refractivity contribution in [3.8, 4) is 0 Å². The minimum absolute atomic E-state index is 0.313. The van der Waals surface area contributed by atoms with Crippen LogP contribution in [0.3, 0.4) is 0 Å². The van der Waals surface area contributed by atoms with Gasteiger partial charge < -0.3 is 25.2 Å². The van der Waals surface area contributed by atoms with Crippen LogP contribution in [0.5, 0.6) is 0 Å². The first kappa shape index (κ1) is 24.0. The Morgan fingerprint density at radius 1 is 1.23 bits per heavy atom. The van der Waals surface area contributed by atoms with Crippen molar-refractivity contribution in [2.24, 2.45) is 10.9 Å². The van der Waals surface area contributed by atoms with Gasteiger partial charge in [0.2, 0.25) is 0 Å². The number of likely N-dealkylation sites (tertiary alicyclic amines) is 1. The zero-order valence-electron chi connectivity index (χ0n) is 19.5. The molecule has 1 unspecified atom stereocenters.